The molecule has 1 atom stereocenters. The maximum absolute atomic E-state index is 11.8. The molecule has 1 aliphatic heterocycles. The Bertz CT molecular complexity index is 789. The summed E-state index contributed by atoms with van der Waals surface area (Å²) in [4.78, 5) is 19.7. The number of para-hydroxylation sites is 1. The van der Waals surface area contributed by atoms with Gasteiger partial charge in [0.25, 0.3) is 0 Å². The Morgan fingerprint density at radius 1 is 1.50 bits per heavy atom. The minimum Gasteiger partial charge on any atom is -0.496 e. The standard InChI is InChI=1S/C20H24N2O3S/c1-3-9-20(19(23)24)10-6-11-22(14-20)13-15-12-21-18(26-15)16-7-4-5-8-17(16)25-2/h3-5,7-8,12H,1,6,9-11,13-14H2,2H3,(H,23,24)/t20-/m0/s1. The first-order valence-corrected chi connectivity index (χ1v) is 9.54. The van der Waals surface area contributed by atoms with Gasteiger partial charge in [0.1, 0.15) is 10.8 Å². The highest BCUT2D eigenvalue weighted by atomic mass is 32.1. The second-order valence-electron chi connectivity index (χ2n) is 6.72. The van der Waals surface area contributed by atoms with Crippen molar-refractivity contribution in [2.45, 2.75) is 25.8 Å². The van der Waals surface area contributed by atoms with Crippen LogP contribution in [0.4, 0.5) is 0 Å². The van der Waals surface area contributed by atoms with E-state index in [2.05, 4.69) is 16.5 Å². The second-order valence-corrected chi connectivity index (χ2v) is 7.84. The summed E-state index contributed by atoms with van der Waals surface area (Å²) in [5.74, 6) is 0.0864. The van der Waals surface area contributed by atoms with Gasteiger partial charge in [0.05, 0.1) is 18.1 Å². The molecule has 0 unspecified atom stereocenters. The van der Waals surface area contributed by atoms with Gasteiger partial charge >= 0.3 is 5.97 Å². The number of aliphatic carboxylic acids is 1. The van der Waals surface area contributed by atoms with E-state index in [1.54, 1.807) is 24.5 Å². The van der Waals surface area contributed by atoms with E-state index in [0.717, 1.165) is 40.7 Å². The van der Waals surface area contributed by atoms with Crippen molar-refractivity contribution in [1.29, 1.82) is 0 Å². The summed E-state index contributed by atoms with van der Waals surface area (Å²) in [6, 6.07) is 7.84. The van der Waals surface area contributed by atoms with Crippen LogP contribution in [-0.2, 0) is 11.3 Å². The van der Waals surface area contributed by atoms with E-state index in [9.17, 15) is 9.90 Å². The van der Waals surface area contributed by atoms with Gasteiger partial charge in [-0.1, -0.05) is 18.2 Å². The zero-order chi connectivity index (χ0) is 18.6. The molecule has 1 aliphatic rings. The fourth-order valence-corrected chi connectivity index (χ4v) is 4.60. The van der Waals surface area contributed by atoms with Crippen LogP contribution >= 0.6 is 11.3 Å². The average Bonchev–Trinajstić information content (AvgIpc) is 3.10. The van der Waals surface area contributed by atoms with Crippen LogP contribution in [0.3, 0.4) is 0 Å². The highest BCUT2D eigenvalue weighted by Gasteiger charge is 2.41. The van der Waals surface area contributed by atoms with E-state index in [1.807, 2.05) is 30.5 Å². The number of carboxylic acid groups (broad SMARTS) is 1. The van der Waals surface area contributed by atoms with E-state index in [0.29, 0.717) is 19.4 Å². The SMILES string of the molecule is C=CC[C@]1(C(=O)O)CCCN(Cc2cnc(-c3ccccc3OC)s2)C1. The van der Waals surface area contributed by atoms with Gasteiger partial charge in [-0.2, -0.15) is 0 Å². The largest absolute Gasteiger partial charge is 0.496 e. The molecule has 1 aromatic heterocycles. The van der Waals surface area contributed by atoms with Gasteiger partial charge in [-0.05, 0) is 37.9 Å². The van der Waals surface area contributed by atoms with Gasteiger partial charge in [0, 0.05) is 24.2 Å². The van der Waals surface area contributed by atoms with E-state index in [-0.39, 0.29) is 0 Å². The van der Waals surface area contributed by atoms with Gasteiger partial charge < -0.3 is 9.84 Å². The number of rotatable bonds is 7. The van der Waals surface area contributed by atoms with Crippen molar-refractivity contribution in [1.82, 2.24) is 9.88 Å². The highest BCUT2D eigenvalue weighted by molar-refractivity contribution is 7.15. The summed E-state index contributed by atoms with van der Waals surface area (Å²) in [5.41, 5.74) is 0.271. The van der Waals surface area contributed by atoms with E-state index in [1.165, 1.54) is 0 Å². The summed E-state index contributed by atoms with van der Waals surface area (Å²) < 4.78 is 5.42. The molecule has 0 amide bonds. The average molecular weight is 372 g/mol. The topological polar surface area (TPSA) is 62.7 Å². The molecule has 0 aliphatic carbocycles. The van der Waals surface area contributed by atoms with Gasteiger partial charge in [0.15, 0.2) is 0 Å². The number of methoxy groups -OCH3 is 1. The van der Waals surface area contributed by atoms with Crippen molar-refractivity contribution < 1.29 is 14.6 Å². The van der Waals surface area contributed by atoms with Crippen LogP contribution in [0.5, 0.6) is 5.75 Å². The number of piperidine rings is 1. The molecule has 5 nitrogen and oxygen atoms in total. The molecule has 1 saturated heterocycles. The summed E-state index contributed by atoms with van der Waals surface area (Å²) in [6.45, 7) is 5.93. The second kappa shape index (κ2) is 8.01. The smallest absolute Gasteiger partial charge is 0.311 e. The summed E-state index contributed by atoms with van der Waals surface area (Å²) in [6.07, 6.45) is 5.72. The maximum atomic E-state index is 11.8. The number of hydrogen-bond donors (Lipinski definition) is 1. The minimum atomic E-state index is -0.721. The number of nitrogens with zero attached hydrogens (tertiary/aromatic N) is 2. The molecule has 0 spiro atoms. The van der Waals surface area contributed by atoms with Crippen molar-refractivity contribution in [3.8, 4) is 16.3 Å². The fraction of sp³-hybridized carbons (Fsp3) is 0.400. The first-order valence-electron chi connectivity index (χ1n) is 8.73. The summed E-state index contributed by atoms with van der Waals surface area (Å²) >= 11 is 1.63. The Morgan fingerprint density at radius 3 is 3.04 bits per heavy atom. The third-order valence-electron chi connectivity index (χ3n) is 4.92. The molecule has 1 aromatic carbocycles. The minimum absolute atomic E-state index is 0.508. The van der Waals surface area contributed by atoms with Crippen LogP contribution in [0.1, 0.15) is 24.1 Å². The number of hydrogen-bond acceptors (Lipinski definition) is 5. The van der Waals surface area contributed by atoms with Crippen LogP contribution < -0.4 is 4.74 Å². The molecule has 26 heavy (non-hydrogen) atoms. The number of allylic oxidation sites excluding steroid dienone is 1. The Morgan fingerprint density at radius 2 is 2.31 bits per heavy atom. The lowest BCUT2D eigenvalue weighted by Gasteiger charge is -2.39. The molecule has 0 radical (unpaired) electrons. The molecular formula is C20H24N2O3S. The third-order valence-corrected chi connectivity index (χ3v) is 5.93. The Labute approximate surface area is 157 Å². The molecule has 2 heterocycles. The van der Waals surface area contributed by atoms with Crippen LogP contribution in [0, 0.1) is 5.41 Å². The van der Waals surface area contributed by atoms with Gasteiger partial charge in [-0.25, -0.2) is 4.98 Å². The predicted octanol–water partition coefficient (Wildman–Crippen LogP) is 4.06. The molecule has 1 fully saturated rings. The maximum Gasteiger partial charge on any atom is 0.311 e. The molecule has 0 bridgehead atoms. The van der Waals surface area contributed by atoms with Gasteiger partial charge in [0.2, 0.25) is 0 Å². The number of carboxylic acids is 1. The lowest BCUT2D eigenvalue weighted by Crippen LogP contribution is -2.47. The molecule has 138 valence electrons. The number of aromatic nitrogens is 1. The lowest BCUT2D eigenvalue weighted by molar-refractivity contribution is -0.152. The molecule has 1 N–H and O–H groups in total. The van der Waals surface area contributed by atoms with Crippen LogP contribution in [0.2, 0.25) is 0 Å². The lowest BCUT2D eigenvalue weighted by atomic mass is 9.77. The van der Waals surface area contributed by atoms with Crippen molar-refractivity contribution in [2.75, 3.05) is 20.2 Å². The first kappa shape index (κ1) is 18.6. The van der Waals surface area contributed by atoms with E-state index >= 15 is 0 Å². The fourth-order valence-electron chi connectivity index (χ4n) is 3.61. The van der Waals surface area contributed by atoms with Crippen molar-refractivity contribution >= 4 is 17.3 Å². The zero-order valence-corrected chi connectivity index (χ0v) is 15.8. The molecule has 0 saturated carbocycles. The van der Waals surface area contributed by atoms with Gasteiger partial charge in [-0.3, -0.25) is 9.69 Å². The molecule has 3 rings (SSSR count). The zero-order valence-electron chi connectivity index (χ0n) is 15.0. The third kappa shape index (κ3) is 3.81. The Balaban J connectivity index is 1.75. The van der Waals surface area contributed by atoms with Gasteiger partial charge in [-0.15, -0.1) is 17.9 Å². The van der Waals surface area contributed by atoms with E-state index in [4.69, 9.17) is 4.74 Å². The quantitative estimate of drug-likeness (QED) is 0.743. The first-order chi connectivity index (χ1) is 12.6. The van der Waals surface area contributed by atoms with Crippen molar-refractivity contribution in [3.63, 3.8) is 0 Å². The number of ether oxygens (including phenoxy) is 1. The summed E-state index contributed by atoms with van der Waals surface area (Å²) in [5, 5.41) is 10.6. The predicted molar refractivity (Wildman–Crippen MR) is 103 cm³/mol. The summed E-state index contributed by atoms with van der Waals surface area (Å²) in [7, 11) is 1.66. The number of thiazole rings is 1. The highest BCUT2D eigenvalue weighted by Crippen LogP contribution is 2.36. The Kier molecular flexibility index (Phi) is 5.74. The molecular weight excluding hydrogens is 348 g/mol. The number of benzene rings is 1. The van der Waals surface area contributed by atoms with Crippen molar-refractivity contribution in [3.05, 3.63) is 48.0 Å². The Hall–Kier alpha value is -2.18. The molecule has 2 aromatic rings. The monoisotopic (exact) mass is 372 g/mol. The normalized spacial score (nSPS) is 20.7. The van der Waals surface area contributed by atoms with Crippen LogP contribution in [0.25, 0.3) is 10.6 Å². The number of carbonyl (C=O) groups is 1. The van der Waals surface area contributed by atoms with Crippen molar-refractivity contribution in [2.24, 2.45) is 5.41 Å². The number of likely N-dealkylation sites (tertiary alicyclic amines) is 1. The molecule has 6 heteroatoms. The van der Waals surface area contributed by atoms with E-state index < -0.39 is 11.4 Å². The van der Waals surface area contributed by atoms with Crippen LogP contribution in [0.15, 0.2) is 43.1 Å². The van der Waals surface area contributed by atoms with Crippen LogP contribution in [-0.4, -0.2) is 41.2 Å².